The molecule has 84 valence electrons. The van der Waals surface area contributed by atoms with Crippen LogP contribution in [0.5, 0.6) is 0 Å². The number of aromatic nitrogens is 2. The number of nitrogens with two attached hydrogens (primary N) is 1. The van der Waals surface area contributed by atoms with Crippen LogP contribution in [-0.2, 0) is 0 Å². The second-order valence-electron chi connectivity index (χ2n) is 4.36. The summed E-state index contributed by atoms with van der Waals surface area (Å²) in [4.78, 5) is 0. The Hall–Kier alpha value is -1.77. The first-order chi connectivity index (χ1) is 7.59. The molecule has 0 aliphatic heterocycles. The first-order valence-electron chi connectivity index (χ1n) is 5.50. The van der Waals surface area contributed by atoms with Crippen molar-refractivity contribution in [2.75, 3.05) is 5.73 Å². The minimum absolute atomic E-state index is 0.352. The Morgan fingerprint density at radius 1 is 1.25 bits per heavy atom. The lowest BCUT2D eigenvalue weighted by molar-refractivity contribution is 0.767. The fourth-order valence-electron chi connectivity index (χ4n) is 1.79. The molecule has 3 nitrogen and oxygen atoms in total. The normalized spacial score (nSPS) is 11.0. The molecule has 2 aromatic rings. The van der Waals surface area contributed by atoms with E-state index in [1.54, 1.807) is 0 Å². The third kappa shape index (κ3) is 1.81. The molecule has 2 N–H and O–H groups in total. The highest BCUT2D eigenvalue weighted by molar-refractivity contribution is 5.47. The molecule has 16 heavy (non-hydrogen) atoms. The van der Waals surface area contributed by atoms with E-state index in [0.29, 0.717) is 5.92 Å². The smallest absolute Gasteiger partial charge is 0.0883 e. The van der Waals surface area contributed by atoms with Gasteiger partial charge < -0.3 is 5.73 Å². The molecule has 0 saturated heterocycles. The average Bonchev–Trinajstić information content (AvgIpc) is 2.61. The van der Waals surface area contributed by atoms with Crippen LogP contribution in [0.3, 0.4) is 0 Å². The maximum Gasteiger partial charge on any atom is 0.0883 e. The van der Waals surface area contributed by atoms with Crippen LogP contribution in [-0.4, -0.2) is 9.78 Å². The predicted octanol–water partition coefficient (Wildman–Crippen LogP) is 2.89. The molecule has 1 aromatic heterocycles. The summed E-state index contributed by atoms with van der Waals surface area (Å²) in [6, 6.07) is 8.15. The Morgan fingerprint density at radius 2 is 1.94 bits per heavy atom. The molecule has 0 amide bonds. The minimum atomic E-state index is 0.352. The summed E-state index contributed by atoms with van der Waals surface area (Å²) in [7, 11) is 0. The van der Waals surface area contributed by atoms with E-state index in [2.05, 4.69) is 31.9 Å². The minimum Gasteiger partial charge on any atom is -0.396 e. The lowest BCUT2D eigenvalue weighted by atomic mass is 10.1. The van der Waals surface area contributed by atoms with Crippen molar-refractivity contribution in [2.24, 2.45) is 0 Å². The number of anilines is 1. The van der Waals surface area contributed by atoms with Gasteiger partial charge in [0.25, 0.3) is 0 Å². The summed E-state index contributed by atoms with van der Waals surface area (Å²) in [5.74, 6) is 0.352. The molecule has 0 saturated carbocycles. The number of nitrogens with zero attached hydrogens (tertiary/aromatic N) is 2. The number of hydrogen-bond donors (Lipinski definition) is 1. The van der Waals surface area contributed by atoms with Gasteiger partial charge in [0.05, 0.1) is 23.3 Å². The fraction of sp³-hybridized carbons (Fsp3) is 0.308. The van der Waals surface area contributed by atoms with Crippen molar-refractivity contribution < 1.29 is 0 Å². The van der Waals surface area contributed by atoms with Crippen molar-refractivity contribution in [1.82, 2.24) is 9.78 Å². The number of benzene rings is 1. The van der Waals surface area contributed by atoms with Gasteiger partial charge in [-0.25, -0.2) is 4.68 Å². The van der Waals surface area contributed by atoms with E-state index in [4.69, 9.17) is 5.73 Å². The standard InChI is InChI=1S/C13H17N3/c1-9(2)13-11(14)8-16(15-13)12-7-5-4-6-10(12)3/h4-9H,14H2,1-3H3. The second kappa shape index (κ2) is 4.00. The van der Waals surface area contributed by atoms with Crippen LogP contribution in [0.1, 0.15) is 31.0 Å². The maximum atomic E-state index is 5.95. The van der Waals surface area contributed by atoms with Gasteiger partial charge >= 0.3 is 0 Å². The van der Waals surface area contributed by atoms with Crippen molar-refractivity contribution in [1.29, 1.82) is 0 Å². The number of nitrogen functional groups attached to an aromatic ring is 1. The van der Waals surface area contributed by atoms with E-state index in [-0.39, 0.29) is 0 Å². The summed E-state index contributed by atoms with van der Waals surface area (Å²) in [6.45, 7) is 6.27. The van der Waals surface area contributed by atoms with Gasteiger partial charge in [-0.15, -0.1) is 0 Å². The first-order valence-corrected chi connectivity index (χ1v) is 5.50. The van der Waals surface area contributed by atoms with Crippen molar-refractivity contribution in [2.45, 2.75) is 26.7 Å². The van der Waals surface area contributed by atoms with E-state index in [1.165, 1.54) is 5.56 Å². The summed E-state index contributed by atoms with van der Waals surface area (Å²) in [5.41, 5.74) is 9.95. The second-order valence-corrected chi connectivity index (χ2v) is 4.36. The predicted molar refractivity (Wildman–Crippen MR) is 66.8 cm³/mol. The van der Waals surface area contributed by atoms with Crippen molar-refractivity contribution in [3.8, 4) is 5.69 Å². The summed E-state index contributed by atoms with van der Waals surface area (Å²) < 4.78 is 1.86. The zero-order chi connectivity index (χ0) is 11.7. The molecule has 0 unspecified atom stereocenters. The summed E-state index contributed by atoms with van der Waals surface area (Å²) >= 11 is 0. The molecule has 0 radical (unpaired) electrons. The van der Waals surface area contributed by atoms with Gasteiger partial charge in [0.15, 0.2) is 0 Å². The molecule has 1 aromatic carbocycles. The van der Waals surface area contributed by atoms with Gasteiger partial charge in [-0.1, -0.05) is 32.0 Å². The molecule has 0 bridgehead atoms. The van der Waals surface area contributed by atoms with Crippen LogP contribution < -0.4 is 5.73 Å². The molecule has 0 spiro atoms. The molecular formula is C13H17N3. The number of rotatable bonds is 2. The Labute approximate surface area is 95.9 Å². The third-order valence-corrected chi connectivity index (χ3v) is 2.68. The van der Waals surface area contributed by atoms with Gasteiger partial charge in [-0.05, 0) is 24.5 Å². The molecule has 0 fully saturated rings. The zero-order valence-corrected chi connectivity index (χ0v) is 9.94. The zero-order valence-electron chi connectivity index (χ0n) is 9.94. The van der Waals surface area contributed by atoms with Gasteiger partial charge in [0.2, 0.25) is 0 Å². The van der Waals surface area contributed by atoms with E-state index in [0.717, 1.165) is 17.1 Å². The van der Waals surface area contributed by atoms with Crippen molar-refractivity contribution in [3.05, 3.63) is 41.7 Å². The third-order valence-electron chi connectivity index (χ3n) is 2.68. The fourth-order valence-corrected chi connectivity index (χ4v) is 1.79. The Morgan fingerprint density at radius 3 is 2.50 bits per heavy atom. The highest BCUT2D eigenvalue weighted by Gasteiger charge is 2.11. The van der Waals surface area contributed by atoms with Crippen LogP contribution in [0.25, 0.3) is 5.69 Å². The molecule has 3 heteroatoms. The highest BCUT2D eigenvalue weighted by atomic mass is 15.3. The van der Waals surface area contributed by atoms with Crippen LogP contribution in [0.15, 0.2) is 30.5 Å². The van der Waals surface area contributed by atoms with Crippen LogP contribution in [0.4, 0.5) is 5.69 Å². The van der Waals surface area contributed by atoms with E-state index in [1.807, 2.05) is 29.1 Å². The molecule has 1 heterocycles. The van der Waals surface area contributed by atoms with E-state index in [9.17, 15) is 0 Å². The van der Waals surface area contributed by atoms with E-state index >= 15 is 0 Å². The Kier molecular flexibility index (Phi) is 2.69. The highest BCUT2D eigenvalue weighted by Crippen LogP contribution is 2.22. The molecule has 2 rings (SSSR count). The van der Waals surface area contributed by atoms with Gasteiger partial charge in [-0.3, -0.25) is 0 Å². The van der Waals surface area contributed by atoms with Crippen LogP contribution in [0.2, 0.25) is 0 Å². The lowest BCUT2D eigenvalue weighted by Crippen LogP contribution is -1.99. The van der Waals surface area contributed by atoms with Crippen molar-refractivity contribution in [3.63, 3.8) is 0 Å². The van der Waals surface area contributed by atoms with Gasteiger partial charge in [0, 0.05) is 0 Å². The van der Waals surface area contributed by atoms with Crippen LogP contribution >= 0.6 is 0 Å². The van der Waals surface area contributed by atoms with Gasteiger partial charge in [0.1, 0.15) is 0 Å². The summed E-state index contributed by atoms with van der Waals surface area (Å²) in [6.07, 6.45) is 1.89. The summed E-state index contributed by atoms with van der Waals surface area (Å²) in [5, 5.41) is 4.53. The topological polar surface area (TPSA) is 43.8 Å². The Balaban J connectivity index is 2.50. The molecule has 0 aliphatic rings. The molecule has 0 atom stereocenters. The van der Waals surface area contributed by atoms with E-state index < -0.39 is 0 Å². The quantitative estimate of drug-likeness (QED) is 0.837. The average molecular weight is 215 g/mol. The Bertz CT molecular complexity index is 498. The molecular weight excluding hydrogens is 198 g/mol. The molecule has 0 aliphatic carbocycles. The number of hydrogen-bond acceptors (Lipinski definition) is 2. The largest absolute Gasteiger partial charge is 0.396 e. The van der Waals surface area contributed by atoms with Crippen molar-refractivity contribution >= 4 is 5.69 Å². The van der Waals surface area contributed by atoms with Gasteiger partial charge in [-0.2, -0.15) is 5.10 Å². The number of para-hydroxylation sites is 1. The number of aryl methyl sites for hydroxylation is 1. The lowest BCUT2D eigenvalue weighted by Gasteiger charge is -2.05. The van der Waals surface area contributed by atoms with Crippen LogP contribution in [0, 0.1) is 6.92 Å². The monoisotopic (exact) mass is 215 g/mol. The maximum absolute atomic E-state index is 5.95. The first kappa shape index (κ1) is 10.7. The SMILES string of the molecule is Cc1ccccc1-n1cc(N)c(C(C)C)n1.